The Bertz CT molecular complexity index is 828. The van der Waals surface area contributed by atoms with Crippen LogP contribution in [-0.2, 0) is 10.0 Å². The Labute approximate surface area is 137 Å². The molecule has 0 aliphatic carbocycles. The third-order valence-corrected chi connectivity index (χ3v) is 5.68. The molecule has 3 aromatic rings. The van der Waals surface area contributed by atoms with Crippen LogP contribution in [0.4, 0.5) is 4.39 Å². The number of thiophene rings is 1. The van der Waals surface area contributed by atoms with E-state index >= 15 is 0 Å². The van der Waals surface area contributed by atoms with Gasteiger partial charge in [0.15, 0.2) is 0 Å². The summed E-state index contributed by atoms with van der Waals surface area (Å²) in [5, 5.41) is 6.11. The van der Waals surface area contributed by atoms with Crippen LogP contribution in [0.5, 0.6) is 0 Å². The summed E-state index contributed by atoms with van der Waals surface area (Å²) in [6.07, 6.45) is 3.42. The van der Waals surface area contributed by atoms with Crippen LogP contribution >= 0.6 is 11.3 Å². The fraction of sp³-hybridized carbons (Fsp3) is 0.133. The molecule has 0 fully saturated rings. The molecule has 120 valence electrons. The van der Waals surface area contributed by atoms with E-state index in [1.54, 1.807) is 23.1 Å². The summed E-state index contributed by atoms with van der Waals surface area (Å²) < 4.78 is 42.1. The van der Waals surface area contributed by atoms with Gasteiger partial charge in [0, 0.05) is 23.8 Å². The van der Waals surface area contributed by atoms with E-state index in [9.17, 15) is 12.8 Å². The maximum Gasteiger partial charge on any atom is 0.240 e. The van der Waals surface area contributed by atoms with Gasteiger partial charge in [-0.25, -0.2) is 17.5 Å². The van der Waals surface area contributed by atoms with Gasteiger partial charge in [0.1, 0.15) is 5.82 Å². The minimum Gasteiger partial charge on any atom is -0.263 e. The molecule has 1 atom stereocenters. The summed E-state index contributed by atoms with van der Waals surface area (Å²) in [6, 6.07) is 10.3. The average molecular weight is 351 g/mol. The average Bonchev–Trinajstić information content (AvgIpc) is 3.21. The highest BCUT2D eigenvalue weighted by Gasteiger charge is 2.20. The molecule has 8 heteroatoms. The van der Waals surface area contributed by atoms with Gasteiger partial charge in [0.25, 0.3) is 0 Å². The Morgan fingerprint density at radius 2 is 2.13 bits per heavy atom. The van der Waals surface area contributed by atoms with Gasteiger partial charge in [-0.1, -0.05) is 12.1 Å². The zero-order valence-electron chi connectivity index (χ0n) is 12.0. The molecule has 1 unspecified atom stereocenters. The molecular weight excluding hydrogens is 337 g/mol. The van der Waals surface area contributed by atoms with Crippen LogP contribution in [-0.4, -0.2) is 24.7 Å². The molecule has 0 spiro atoms. The summed E-state index contributed by atoms with van der Waals surface area (Å²) in [5.74, 6) is -0.588. The Hall–Kier alpha value is -2.03. The molecule has 5 nitrogen and oxygen atoms in total. The van der Waals surface area contributed by atoms with Crippen LogP contribution in [0.3, 0.4) is 0 Å². The van der Waals surface area contributed by atoms with Crippen LogP contribution in [0.1, 0.15) is 10.9 Å². The first kappa shape index (κ1) is 15.9. The SMILES string of the molecule is O=S(=O)(NCC(c1cccs1)n1cccn1)c1cccc(F)c1. The molecule has 1 aromatic carbocycles. The zero-order chi connectivity index (χ0) is 16.3. The fourth-order valence-corrected chi connectivity index (χ4v) is 4.07. The van der Waals surface area contributed by atoms with Crippen molar-refractivity contribution in [1.82, 2.24) is 14.5 Å². The molecule has 2 aromatic heterocycles. The topological polar surface area (TPSA) is 64.0 Å². The third-order valence-electron chi connectivity index (χ3n) is 3.29. The Morgan fingerprint density at radius 3 is 2.78 bits per heavy atom. The number of hydrogen-bond donors (Lipinski definition) is 1. The van der Waals surface area contributed by atoms with E-state index in [-0.39, 0.29) is 17.5 Å². The first-order valence-corrected chi connectivity index (χ1v) is 9.20. The van der Waals surface area contributed by atoms with E-state index in [2.05, 4.69) is 9.82 Å². The molecule has 0 saturated carbocycles. The highest BCUT2D eigenvalue weighted by molar-refractivity contribution is 7.89. The molecule has 0 amide bonds. The van der Waals surface area contributed by atoms with Crippen LogP contribution < -0.4 is 4.72 Å². The van der Waals surface area contributed by atoms with E-state index < -0.39 is 15.8 Å². The van der Waals surface area contributed by atoms with E-state index in [4.69, 9.17) is 0 Å². The lowest BCUT2D eigenvalue weighted by molar-refractivity contribution is 0.511. The maximum atomic E-state index is 13.2. The Kier molecular flexibility index (Phi) is 4.56. The smallest absolute Gasteiger partial charge is 0.240 e. The van der Waals surface area contributed by atoms with E-state index in [1.165, 1.54) is 29.5 Å². The molecular formula is C15H14FN3O2S2. The Morgan fingerprint density at radius 1 is 1.26 bits per heavy atom. The molecule has 3 rings (SSSR count). The van der Waals surface area contributed by atoms with Crippen molar-refractivity contribution in [3.63, 3.8) is 0 Å². The summed E-state index contributed by atoms with van der Waals surface area (Å²) >= 11 is 1.52. The number of sulfonamides is 1. The summed E-state index contributed by atoms with van der Waals surface area (Å²) in [6.45, 7) is 0.126. The molecule has 0 aliphatic heterocycles. The van der Waals surface area contributed by atoms with Crippen molar-refractivity contribution in [1.29, 1.82) is 0 Å². The standard InChI is InChI=1S/C15H14FN3O2S2/c16-12-4-1-5-13(10-12)23(20,21)18-11-14(15-6-2-9-22-15)19-8-3-7-17-19/h1-10,14,18H,11H2. The van der Waals surface area contributed by atoms with Crippen molar-refractivity contribution in [3.05, 3.63) is 70.9 Å². The van der Waals surface area contributed by atoms with Crippen molar-refractivity contribution in [2.45, 2.75) is 10.9 Å². The first-order chi connectivity index (χ1) is 11.1. The third kappa shape index (κ3) is 3.66. The molecule has 0 bridgehead atoms. The highest BCUT2D eigenvalue weighted by Crippen LogP contribution is 2.22. The molecule has 0 saturated heterocycles. The van der Waals surface area contributed by atoms with Crippen LogP contribution in [0.15, 0.2) is 65.1 Å². The zero-order valence-corrected chi connectivity index (χ0v) is 13.6. The van der Waals surface area contributed by atoms with E-state index in [0.717, 1.165) is 10.9 Å². The predicted octanol–water partition coefficient (Wildman–Crippen LogP) is 2.65. The lowest BCUT2D eigenvalue weighted by atomic mass is 10.2. The summed E-state index contributed by atoms with van der Waals surface area (Å²) in [4.78, 5) is 0.888. The quantitative estimate of drug-likeness (QED) is 0.743. The fourth-order valence-electron chi connectivity index (χ4n) is 2.18. The van der Waals surface area contributed by atoms with Crippen molar-refractivity contribution in [2.24, 2.45) is 0 Å². The van der Waals surface area contributed by atoms with E-state index in [1.807, 2.05) is 17.5 Å². The van der Waals surface area contributed by atoms with Gasteiger partial charge in [0.2, 0.25) is 10.0 Å². The number of hydrogen-bond acceptors (Lipinski definition) is 4. The largest absolute Gasteiger partial charge is 0.263 e. The minimum atomic E-state index is -3.79. The van der Waals surface area contributed by atoms with Crippen LogP contribution in [0.25, 0.3) is 0 Å². The van der Waals surface area contributed by atoms with Crippen molar-refractivity contribution >= 4 is 21.4 Å². The normalized spacial score (nSPS) is 13.1. The first-order valence-electron chi connectivity index (χ1n) is 6.84. The Balaban J connectivity index is 1.82. The molecule has 0 radical (unpaired) electrons. The van der Waals surface area contributed by atoms with Gasteiger partial charge < -0.3 is 0 Å². The van der Waals surface area contributed by atoms with Gasteiger partial charge in [-0.2, -0.15) is 5.10 Å². The number of nitrogens with zero attached hydrogens (tertiary/aromatic N) is 2. The number of nitrogens with one attached hydrogen (secondary N) is 1. The summed E-state index contributed by atoms with van der Waals surface area (Å²) in [7, 11) is -3.79. The lowest BCUT2D eigenvalue weighted by Gasteiger charge is -2.17. The number of rotatable bonds is 6. The lowest BCUT2D eigenvalue weighted by Crippen LogP contribution is -2.31. The highest BCUT2D eigenvalue weighted by atomic mass is 32.2. The van der Waals surface area contributed by atoms with Crippen molar-refractivity contribution < 1.29 is 12.8 Å². The molecule has 2 heterocycles. The van der Waals surface area contributed by atoms with Gasteiger partial charge in [-0.3, -0.25) is 4.68 Å². The molecule has 0 aliphatic rings. The van der Waals surface area contributed by atoms with Gasteiger partial charge >= 0.3 is 0 Å². The number of aromatic nitrogens is 2. The molecule has 23 heavy (non-hydrogen) atoms. The second-order valence-corrected chi connectivity index (χ2v) is 7.57. The maximum absolute atomic E-state index is 13.2. The van der Waals surface area contributed by atoms with Gasteiger partial charge in [-0.15, -0.1) is 11.3 Å². The number of halogens is 1. The summed E-state index contributed by atoms with van der Waals surface area (Å²) in [5.41, 5.74) is 0. The van der Waals surface area contributed by atoms with Gasteiger partial charge in [0.05, 0.1) is 10.9 Å². The van der Waals surface area contributed by atoms with Crippen molar-refractivity contribution in [3.8, 4) is 0 Å². The van der Waals surface area contributed by atoms with Crippen LogP contribution in [0, 0.1) is 5.82 Å². The van der Waals surface area contributed by atoms with E-state index in [0.29, 0.717) is 0 Å². The predicted molar refractivity (Wildman–Crippen MR) is 86.3 cm³/mol. The molecule has 1 N–H and O–H groups in total. The number of benzene rings is 1. The van der Waals surface area contributed by atoms with Gasteiger partial charge in [-0.05, 0) is 35.7 Å². The minimum absolute atomic E-state index is 0.0945. The monoisotopic (exact) mass is 351 g/mol. The second-order valence-electron chi connectivity index (χ2n) is 4.83. The second kappa shape index (κ2) is 6.61. The van der Waals surface area contributed by atoms with Crippen LogP contribution in [0.2, 0.25) is 0 Å². The van der Waals surface area contributed by atoms with Crippen molar-refractivity contribution in [2.75, 3.05) is 6.54 Å².